The fourth-order valence-electron chi connectivity index (χ4n) is 4.24. The molecule has 1 fully saturated rings. The van der Waals surface area contributed by atoms with Gasteiger partial charge in [0, 0.05) is 6.42 Å². The van der Waals surface area contributed by atoms with Crippen LogP contribution in [-0.2, 0) is 29.1 Å². The molecule has 1 heterocycles. The molecule has 12 heteroatoms. The zero-order valence-corrected chi connectivity index (χ0v) is 22.9. The number of rotatable bonds is 21. The summed E-state index contributed by atoms with van der Waals surface area (Å²) in [5.74, 6) is -1.50. The van der Waals surface area contributed by atoms with Crippen LogP contribution in [0.2, 0.25) is 0 Å². The third kappa shape index (κ3) is 15.4. The summed E-state index contributed by atoms with van der Waals surface area (Å²) in [5.41, 5.74) is 0. The van der Waals surface area contributed by atoms with Gasteiger partial charge in [0.15, 0.2) is 6.29 Å². The number of ether oxygens (including phenoxy) is 3. The molecule has 0 radical (unpaired) electrons. The lowest BCUT2D eigenvalue weighted by atomic mass is 10.00. The van der Waals surface area contributed by atoms with Crippen LogP contribution in [0, 0.1) is 0 Å². The van der Waals surface area contributed by atoms with Crippen LogP contribution in [-0.4, -0.2) is 95.1 Å². The summed E-state index contributed by atoms with van der Waals surface area (Å²) in [6, 6.07) is 0. The van der Waals surface area contributed by atoms with E-state index >= 15 is 0 Å². The Bertz CT molecular complexity index is 703. The number of carbonyl (C=O) groups is 1. The lowest BCUT2D eigenvalue weighted by Gasteiger charge is -2.40. The molecule has 5 N–H and O–H groups in total. The van der Waals surface area contributed by atoms with E-state index in [1.807, 2.05) is 0 Å². The molecule has 220 valence electrons. The minimum absolute atomic E-state index is 0.222. The molecule has 0 spiro atoms. The highest BCUT2D eigenvalue weighted by Crippen LogP contribution is 2.24. The molecular formula is C25H48O11S. The van der Waals surface area contributed by atoms with Crippen LogP contribution >= 0.6 is 0 Å². The van der Waals surface area contributed by atoms with E-state index in [2.05, 4.69) is 6.92 Å². The molecule has 0 aliphatic carbocycles. The Hall–Kier alpha value is -0.860. The van der Waals surface area contributed by atoms with E-state index in [-0.39, 0.29) is 13.0 Å². The molecule has 0 aromatic heterocycles. The van der Waals surface area contributed by atoms with Gasteiger partial charge < -0.3 is 34.6 Å². The van der Waals surface area contributed by atoms with Crippen LogP contribution < -0.4 is 0 Å². The molecule has 37 heavy (non-hydrogen) atoms. The first-order valence-corrected chi connectivity index (χ1v) is 15.3. The van der Waals surface area contributed by atoms with E-state index in [0.29, 0.717) is 6.42 Å². The first-order chi connectivity index (χ1) is 17.6. The number of carbonyl (C=O) groups excluding carboxylic acids is 1. The molecular weight excluding hydrogens is 508 g/mol. The molecule has 1 saturated heterocycles. The Morgan fingerprint density at radius 2 is 1.35 bits per heavy atom. The molecule has 0 saturated carbocycles. The maximum Gasteiger partial charge on any atom is 0.305 e. The Balaban J connectivity index is 2.20. The van der Waals surface area contributed by atoms with Gasteiger partial charge in [-0.15, -0.1) is 0 Å². The summed E-state index contributed by atoms with van der Waals surface area (Å²) in [5, 5.41) is 39.4. The Kier molecular flexibility index (Phi) is 17.8. The van der Waals surface area contributed by atoms with E-state index < -0.39 is 65.3 Å². The molecule has 0 bridgehead atoms. The van der Waals surface area contributed by atoms with Gasteiger partial charge in [0.1, 0.15) is 42.9 Å². The molecule has 11 nitrogen and oxygen atoms in total. The van der Waals surface area contributed by atoms with Crippen molar-refractivity contribution in [3.05, 3.63) is 0 Å². The van der Waals surface area contributed by atoms with Gasteiger partial charge in [-0.05, 0) is 6.42 Å². The van der Waals surface area contributed by atoms with Crippen molar-refractivity contribution in [1.82, 2.24) is 0 Å². The maximum absolute atomic E-state index is 12.0. The fourth-order valence-corrected chi connectivity index (χ4v) is 4.94. The highest BCUT2D eigenvalue weighted by Gasteiger charge is 2.46. The summed E-state index contributed by atoms with van der Waals surface area (Å²) < 4.78 is 46.9. The topological polar surface area (TPSA) is 180 Å². The van der Waals surface area contributed by atoms with Crippen molar-refractivity contribution in [2.75, 3.05) is 19.0 Å². The molecule has 6 atom stereocenters. The zero-order chi connectivity index (χ0) is 27.7. The van der Waals surface area contributed by atoms with Crippen molar-refractivity contribution in [3.8, 4) is 0 Å². The molecule has 1 unspecified atom stereocenters. The lowest BCUT2D eigenvalue weighted by Crippen LogP contribution is -2.60. The second-order valence-corrected chi connectivity index (χ2v) is 11.4. The smallest absolute Gasteiger partial charge is 0.305 e. The SMILES string of the molecule is CCCCCCCCCCCCCCCC(=O)OCC(CO)O[C@@H]1O[C@H](CS(=O)(=O)O)[C@@H](O)[C@H](O)[C@H]1O. The zero-order valence-electron chi connectivity index (χ0n) is 22.1. The third-order valence-corrected chi connectivity index (χ3v) is 7.24. The third-order valence-electron chi connectivity index (χ3n) is 6.49. The standard InChI is InChI=1S/C25H48O11S/c1-2-3-4-5-6-7-8-9-10-11-12-13-14-15-21(27)34-17-19(16-26)35-25-24(30)23(29)22(28)20(36-25)18-37(31,32)33/h19-20,22-26,28-30H,2-18H2,1H3,(H,31,32,33)/t19?,20-,22-,23+,24-,25-/m1/s1. The highest BCUT2D eigenvalue weighted by molar-refractivity contribution is 7.85. The lowest BCUT2D eigenvalue weighted by molar-refractivity contribution is -0.307. The molecule has 0 aromatic carbocycles. The molecule has 1 aliphatic rings. The largest absolute Gasteiger partial charge is 0.463 e. The van der Waals surface area contributed by atoms with Gasteiger partial charge in [-0.25, -0.2) is 0 Å². The predicted octanol–water partition coefficient (Wildman–Crippen LogP) is 2.08. The van der Waals surface area contributed by atoms with Gasteiger partial charge in [-0.1, -0.05) is 84.0 Å². The van der Waals surface area contributed by atoms with Crippen LogP contribution in [0.15, 0.2) is 0 Å². The van der Waals surface area contributed by atoms with Gasteiger partial charge in [0.05, 0.1) is 6.61 Å². The predicted molar refractivity (Wildman–Crippen MR) is 136 cm³/mol. The van der Waals surface area contributed by atoms with Gasteiger partial charge >= 0.3 is 5.97 Å². The molecule has 0 amide bonds. The van der Waals surface area contributed by atoms with Crippen molar-refractivity contribution >= 4 is 16.1 Å². The van der Waals surface area contributed by atoms with Crippen molar-refractivity contribution < 1.29 is 52.4 Å². The van der Waals surface area contributed by atoms with Gasteiger partial charge in [0.25, 0.3) is 10.1 Å². The van der Waals surface area contributed by atoms with Gasteiger partial charge in [0.2, 0.25) is 0 Å². The Labute approximate surface area is 221 Å². The van der Waals surface area contributed by atoms with E-state index in [4.69, 9.17) is 18.8 Å². The summed E-state index contributed by atoms with van der Waals surface area (Å²) in [4.78, 5) is 12.0. The number of aliphatic hydroxyl groups excluding tert-OH is 4. The van der Waals surface area contributed by atoms with E-state index in [1.165, 1.54) is 57.8 Å². The molecule has 1 rings (SSSR count). The summed E-state index contributed by atoms with van der Waals surface area (Å²) in [6.07, 6.45) is 6.05. The van der Waals surface area contributed by atoms with E-state index in [1.54, 1.807) is 0 Å². The van der Waals surface area contributed by atoms with Crippen molar-refractivity contribution in [2.24, 2.45) is 0 Å². The quantitative estimate of drug-likeness (QED) is 0.0793. The van der Waals surface area contributed by atoms with E-state index in [9.17, 15) is 33.6 Å². The van der Waals surface area contributed by atoms with E-state index in [0.717, 1.165) is 19.3 Å². The monoisotopic (exact) mass is 556 g/mol. The normalized spacial score (nSPS) is 25.2. The van der Waals surface area contributed by atoms with Crippen LogP contribution in [0.5, 0.6) is 0 Å². The first kappa shape index (κ1) is 34.2. The van der Waals surface area contributed by atoms with Crippen LogP contribution in [0.25, 0.3) is 0 Å². The number of esters is 1. The highest BCUT2D eigenvalue weighted by atomic mass is 32.2. The number of aliphatic hydroxyl groups is 4. The Morgan fingerprint density at radius 1 is 0.838 bits per heavy atom. The summed E-state index contributed by atoms with van der Waals surface area (Å²) in [6.45, 7) is 1.27. The minimum Gasteiger partial charge on any atom is -0.463 e. The maximum atomic E-state index is 12.0. The van der Waals surface area contributed by atoms with Crippen LogP contribution in [0.1, 0.15) is 96.8 Å². The number of unbranched alkanes of at least 4 members (excludes halogenated alkanes) is 12. The van der Waals surface area contributed by atoms with Crippen molar-refractivity contribution in [3.63, 3.8) is 0 Å². The average Bonchev–Trinajstić information content (AvgIpc) is 2.85. The second kappa shape index (κ2) is 19.2. The van der Waals surface area contributed by atoms with Crippen LogP contribution in [0.4, 0.5) is 0 Å². The molecule has 1 aliphatic heterocycles. The van der Waals surface area contributed by atoms with Gasteiger partial charge in [-0.3, -0.25) is 9.35 Å². The summed E-state index contributed by atoms with van der Waals surface area (Å²) in [7, 11) is -4.55. The van der Waals surface area contributed by atoms with Crippen molar-refractivity contribution in [1.29, 1.82) is 0 Å². The fraction of sp³-hybridized carbons (Fsp3) is 0.960. The number of hydrogen-bond acceptors (Lipinski definition) is 10. The average molecular weight is 557 g/mol. The van der Waals surface area contributed by atoms with Gasteiger partial charge in [-0.2, -0.15) is 8.42 Å². The first-order valence-electron chi connectivity index (χ1n) is 13.7. The van der Waals surface area contributed by atoms with Crippen LogP contribution in [0.3, 0.4) is 0 Å². The van der Waals surface area contributed by atoms with Crippen molar-refractivity contribution in [2.45, 2.75) is 134 Å². The minimum atomic E-state index is -4.55. The summed E-state index contributed by atoms with van der Waals surface area (Å²) >= 11 is 0. The number of hydrogen-bond donors (Lipinski definition) is 5. The second-order valence-electron chi connectivity index (χ2n) is 9.88. The Morgan fingerprint density at radius 3 is 1.84 bits per heavy atom. The molecule has 0 aromatic rings.